The minimum atomic E-state index is -0.672. The van der Waals surface area contributed by atoms with Crippen LogP contribution in [-0.2, 0) is 11.3 Å². The van der Waals surface area contributed by atoms with Crippen LogP contribution in [0.25, 0.3) is 0 Å². The molecular formula is C11H15NO3. The molecule has 15 heavy (non-hydrogen) atoms. The summed E-state index contributed by atoms with van der Waals surface area (Å²) in [7, 11) is 0. The predicted octanol–water partition coefficient (Wildman–Crippen LogP) is 2.26. The van der Waals surface area contributed by atoms with Crippen LogP contribution in [0.15, 0.2) is 30.3 Å². The van der Waals surface area contributed by atoms with Crippen molar-refractivity contribution in [1.82, 2.24) is 0 Å². The van der Waals surface area contributed by atoms with E-state index in [1.165, 1.54) is 0 Å². The van der Waals surface area contributed by atoms with E-state index in [9.17, 15) is 10.1 Å². The van der Waals surface area contributed by atoms with Crippen molar-refractivity contribution >= 4 is 0 Å². The van der Waals surface area contributed by atoms with Crippen LogP contribution in [0.5, 0.6) is 0 Å². The van der Waals surface area contributed by atoms with Gasteiger partial charge in [0.05, 0.1) is 6.61 Å². The number of hydrogen-bond acceptors (Lipinski definition) is 3. The van der Waals surface area contributed by atoms with E-state index in [0.29, 0.717) is 6.61 Å². The zero-order valence-electron chi connectivity index (χ0n) is 8.92. The summed E-state index contributed by atoms with van der Waals surface area (Å²) in [5.74, 6) is 0. The molecule has 0 aliphatic heterocycles. The molecule has 0 aliphatic rings. The second-order valence-electron chi connectivity index (χ2n) is 3.53. The first-order chi connectivity index (χ1) is 7.11. The molecule has 82 valence electrons. The Morgan fingerprint density at radius 1 is 1.33 bits per heavy atom. The molecular weight excluding hydrogens is 194 g/mol. The van der Waals surface area contributed by atoms with Crippen molar-refractivity contribution < 1.29 is 9.66 Å². The minimum Gasteiger partial charge on any atom is -0.367 e. The molecule has 0 saturated heterocycles. The Balaban J connectivity index is 2.41. The molecule has 0 radical (unpaired) electrons. The van der Waals surface area contributed by atoms with Crippen LogP contribution in [0, 0.1) is 10.1 Å². The van der Waals surface area contributed by atoms with E-state index in [1.807, 2.05) is 30.3 Å². The highest BCUT2D eigenvalue weighted by Crippen LogP contribution is 2.07. The van der Waals surface area contributed by atoms with Gasteiger partial charge in [-0.1, -0.05) is 30.3 Å². The fourth-order valence-corrected chi connectivity index (χ4v) is 1.11. The van der Waals surface area contributed by atoms with Crippen molar-refractivity contribution in [2.45, 2.75) is 32.6 Å². The Hall–Kier alpha value is -1.42. The monoisotopic (exact) mass is 209 g/mol. The van der Waals surface area contributed by atoms with Crippen molar-refractivity contribution in [2.75, 3.05) is 0 Å². The van der Waals surface area contributed by atoms with Crippen LogP contribution in [0.2, 0.25) is 0 Å². The van der Waals surface area contributed by atoms with Gasteiger partial charge in [-0.25, -0.2) is 0 Å². The number of hydrogen-bond donors (Lipinski definition) is 0. The normalized spacial score (nSPS) is 14.5. The molecule has 1 aromatic carbocycles. The average molecular weight is 209 g/mol. The molecule has 0 aliphatic carbocycles. The molecule has 0 saturated carbocycles. The third-order valence-electron chi connectivity index (χ3n) is 2.37. The Morgan fingerprint density at radius 2 is 1.93 bits per heavy atom. The van der Waals surface area contributed by atoms with Crippen LogP contribution < -0.4 is 0 Å². The SMILES string of the molecule is C[C@H](OCc1ccccc1)[C@H](C)[N+](=O)[O-]. The third-order valence-corrected chi connectivity index (χ3v) is 2.37. The predicted molar refractivity (Wildman–Crippen MR) is 57.1 cm³/mol. The lowest BCUT2D eigenvalue weighted by molar-refractivity contribution is -0.530. The summed E-state index contributed by atoms with van der Waals surface area (Å²) >= 11 is 0. The lowest BCUT2D eigenvalue weighted by Gasteiger charge is -2.14. The van der Waals surface area contributed by atoms with Gasteiger partial charge in [0.1, 0.15) is 6.10 Å². The molecule has 4 heteroatoms. The van der Waals surface area contributed by atoms with E-state index < -0.39 is 6.04 Å². The topological polar surface area (TPSA) is 52.4 Å². The zero-order chi connectivity index (χ0) is 11.3. The Morgan fingerprint density at radius 3 is 2.47 bits per heavy atom. The third kappa shape index (κ3) is 3.67. The van der Waals surface area contributed by atoms with Gasteiger partial charge in [-0.3, -0.25) is 10.1 Å². The standard InChI is InChI=1S/C11H15NO3/c1-9(12(13)14)10(2)15-8-11-6-4-3-5-7-11/h3-7,9-10H,8H2,1-2H3/t9-,10-/m0/s1. The van der Waals surface area contributed by atoms with Gasteiger partial charge in [-0.05, 0) is 12.5 Å². The molecule has 0 spiro atoms. The second-order valence-corrected chi connectivity index (χ2v) is 3.53. The Labute approximate surface area is 89.0 Å². The molecule has 0 fully saturated rings. The maximum Gasteiger partial charge on any atom is 0.235 e. The summed E-state index contributed by atoms with van der Waals surface area (Å²) in [6.07, 6.45) is -0.375. The summed E-state index contributed by atoms with van der Waals surface area (Å²) in [5, 5.41) is 10.5. The van der Waals surface area contributed by atoms with Crippen molar-refractivity contribution in [3.63, 3.8) is 0 Å². The van der Waals surface area contributed by atoms with Crippen LogP contribution >= 0.6 is 0 Å². The highest BCUT2D eigenvalue weighted by Gasteiger charge is 2.22. The van der Waals surface area contributed by atoms with E-state index in [0.717, 1.165) is 5.56 Å². The minimum absolute atomic E-state index is 0.324. The van der Waals surface area contributed by atoms with Crippen molar-refractivity contribution in [3.05, 3.63) is 46.0 Å². The number of nitrogens with zero attached hydrogens (tertiary/aromatic N) is 1. The molecule has 0 aromatic heterocycles. The van der Waals surface area contributed by atoms with Gasteiger partial charge in [0.2, 0.25) is 6.04 Å². The molecule has 0 heterocycles. The fourth-order valence-electron chi connectivity index (χ4n) is 1.11. The van der Waals surface area contributed by atoms with Crippen LogP contribution in [0.3, 0.4) is 0 Å². The van der Waals surface area contributed by atoms with Crippen LogP contribution in [0.4, 0.5) is 0 Å². The quantitative estimate of drug-likeness (QED) is 0.552. The van der Waals surface area contributed by atoms with Gasteiger partial charge in [0.15, 0.2) is 0 Å². The zero-order valence-corrected chi connectivity index (χ0v) is 8.92. The first-order valence-electron chi connectivity index (χ1n) is 4.90. The van der Waals surface area contributed by atoms with E-state index in [4.69, 9.17) is 4.74 Å². The number of ether oxygens (including phenoxy) is 1. The molecule has 0 amide bonds. The highest BCUT2D eigenvalue weighted by molar-refractivity contribution is 5.13. The number of nitro groups is 1. The Bertz CT molecular complexity index is 313. The van der Waals surface area contributed by atoms with Gasteiger partial charge in [-0.2, -0.15) is 0 Å². The summed E-state index contributed by atoms with van der Waals surface area (Å²) in [4.78, 5) is 10.2. The van der Waals surface area contributed by atoms with Crippen LogP contribution in [-0.4, -0.2) is 17.1 Å². The second kappa shape index (κ2) is 5.46. The fraction of sp³-hybridized carbons (Fsp3) is 0.455. The van der Waals surface area contributed by atoms with Gasteiger partial charge in [0, 0.05) is 11.8 Å². The molecule has 1 aromatic rings. The highest BCUT2D eigenvalue weighted by atomic mass is 16.6. The number of benzene rings is 1. The lowest BCUT2D eigenvalue weighted by atomic mass is 10.2. The van der Waals surface area contributed by atoms with E-state index in [-0.39, 0.29) is 11.0 Å². The first kappa shape index (κ1) is 11.7. The van der Waals surface area contributed by atoms with Gasteiger partial charge < -0.3 is 4.74 Å². The lowest BCUT2D eigenvalue weighted by Crippen LogP contribution is -2.30. The summed E-state index contributed by atoms with van der Waals surface area (Å²) in [6, 6.07) is 8.95. The average Bonchev–Trinajstić information content (AvgIpc) is 2.26. The summed E-state index contributed by atoms with van der Waals surface area (Å²) < 4.78 is 5.41. The molecule has 0 unspecified atom stereocenters. The van der Waals surface area contributed by atoms with Crippen molar-refractivity contribution in [3.8, 4) is 0 Å². The number of rotatable bonds is 5. The van der Waals surface area contributed by atoms with Gasteiger partial charge in [0.25, 0.3) is 0 Å². The smallest absolute Gasteiger partial charge is 0.235 e. The van der Waals surface area contributed by atoms with E-state index in [2.05, 4.69) is 0 Å². The Kier molecular flexibility index (Phi) is 4.24. The summed E-state index contributed by atoms with van der Waals surface area (Å²) in [6.45, 7) is 3.69. The van der Waals surface area contributed by atoms with Crippen molar-refractivity contribution in [1.29, 1.82) is 0 Å². The van der Waals surface area contributed by atoms with Gasteiger partial charge >= 0.3 is 0 Å². The summed E-state index contributed by atoms with van der Waals surface area (Å²) in [5.41, 5.74) is 1.03. The molecule has 0 bridgehead atoms. The first-order valence-corrected chi connectivity index (χ1v) is 4.90. The maximum absolute atomic E-state index is 10.5. The molecule has 0 N–H and O–H groups in total. The molecule has 4 nitrogen and oxygen atoms in total. The molecule has 2 atom stereocenters. The van der Waals surface area contributed by atoms with E-state index >= 15 is 0 Å². The van der Waals surface area contributed by atoms with E-state index in [1.54, 1.807) is 13.8 Å². The molecule has 1 rings (SSSR count). The largest absolute Gasteiger partial charge is 0.367 e. The van der Waals surface area contributed by atoms with Crippen molar-refractivity contribution in [2.24, 2.45) is 0 Å². The maximum atomic E-state index is 10.5. The van der Waals surface area contributed by atoms with Crippen LogP contribution in [0.1, 0.15) is 19.4 Å². The van der Waals surface area contributed by atoms with Gasteiger partial charge in [-0.15, -0.1) is 0 Å².